The molecule has 6 heteroatoms. The Morgan fingerprint density at radius 1 is 1.50 bits per heavy atom. The third-order valence-electron chi connectivity index (χ3n) is 2.59. The quantitative estimate of drug-likeness (QED) is 0.719. The van der Waals surface area contributed by atoms with Gasteiger partial charge in [0.25, 0.3) is 0 Å². The van der Waals surface area contributed by atoms with Crippen LogP contribution in [0.4, 0.5) is 0 Å². The average Bonchev–Trinajstić information content (AvgIpc) is 2.65. The summed E-state index contributed by atoms with van der Waals surface area (Å²) in [5.41, 5.74) is 1.05. The summed E-state index contributed by atoms with van der Waals surface area (Å²) in [5, 5.41) is 4.07. The van der Waals surface area contributed by atoms with Crippen LogP contribution in [0.5, 0.6) is 0 Å². The molecule has 1 aromatic heterocycles. The molecule has 0 radical (unpaired) electrons. The Morgan fingerprint density at radius 2 is 2.19 bits per heavy atom. The maximum Gasteiger partial charge on any atom is 0.244 e. The Balaban J connectivity index is 1.91. The predicted molar refractivity (Wildman–Crippen MR) is 61.4 cm³/mol. The van der Waals surface area contributed by atoms with Gasteiger partial charge in [-0.15, -0.1) is 0 Å². The fourth-order valence-electron chi connectivity index (χ4n) is 1.68. The van der Waals surface area contributed by atoms with Crippen LogP contribution in [0.15, 0.2) is 12.4 Å². The van der Waals surface area contributed by atoms with Crippen LogP contribution >= 0.6 is 0 Å². The molecule has 0 unspecified atom stereocenters. The van der Waals surface area contributed by atoms with Crippen molar-refractivity contribution in [1.29, 1.82) is 0 Å². The zero-order valence-electron chi connectivity index (χ0n) is 9.26. The second-order valence-corrected chi connectivity index (χ2v) is 5.64. The molecule has 5 nitrogen and oxygen atoms in total. The van der Waals surface area contributed by atoms with E-state index < -0.39 is 10.8 Å². The molecule has 0 saturated carbocycles. The zero-order chi connectivity index (χ0) is 11.5. The van der Waals surface area contributed by atoms with Gasteiger partial charge in [0.2, 0.25) is 5.91 Å². The minimum Gasteiger partial charge on any atom is -0.339 e. The smallest absolute Gasteiger partial charge is 0.244 e. The summed E-state index contributed by atoms with van der Waals surface area (Å²) in [6.07, 6.45) is 3.58. The van der Waals surface area contributed by atoms with Gasteiger partial charge in [-0.25, -0.2) is 0 Å². The van der Waals surface area contributed by atoms with Crippen molar-refractivity contribution in [2.75, 3.05) is 24.6 Å². The topological polar surface area (TPSA) is 55.2 Å². The summed E-state index contributed by atoms with van der Waals surface area (Å²) >= 11 is 0. The number of carbonyl (C=O) groups is 1. The van der Waals surface area contributed by atoms with Crippen LogP contribution < -0.4 is 0 Å². The van der Waals surface area contributed by atoms with E-state index >= 15 is 0 Å². The summed E-state index contributed by atoms with van der Waals surface area (Å²) in [6.45, 7) is 3.43. The summed E-state index contributed by atoms with van der Waals surface area (Å²) in [5.74, 6) is 1.26. The highest BCUT2D eigenvalue weighted by molar-refractivity contribution is 7.85. The first-order valence-electron chi connectivity index (χ1n) is 5.27. The van der Waals surface area contributed by atoms with E-state index in [1.165, 1.54) is 0 Å². The fourth-order valence-corrected chi connectivity index (χ4v) is 2.73. The van der Waals surface area contributed by atoms with Crippen molar-refractivity contribution < 1.29 is 9.00 Å². The number of aryl methyl sites for hydroxylation is 1. The Labute approximate surface area is 96.9 Å². The molecule has 2 rings (SSSR count). The van der Waals surface area contributed by atoms with Gasteiger partial charge in [0.05, 0.1) is 6.20 Å². The highest BCUT2D eigenvalue weighted by Crippen LogP contribution is 2.02. The van der Waals surface area contributed by atoms with Crippen LogP contribution in [-0.4, -0.2) is 49.4 Å². The molecule has 0 aromatic carbocycles. The van der Waals surface area contributed by atoms with Crippen molar-refractivity contribution in [2.45, 2.75) is 13.5 Å². The van der Waals surface area contributed by atoms with Gasteiger partial charge >= 0.3 is 0 Å². The van der Waals surface area contributed by atoms with Crippen molar-refractivity contribution in [3.8, 4) is 0 Å². The van der Waals surface area contributed by atoms with E-state index in [9.17, 15) is 9.00 Å². The molecule has 1 fully saturated rings. The number of rotatable bonds is 2. The molecule has 1 aliphatic heterocycles. The molecular weight excluding hydrogens is 226 g/mol. The largest absolute Gasteiger partial charge is 0.339 e. The molecule has 0 bridgehead atoms. The van der Waals surface area contributed by atoms with Crippen molar-refractivity contribution >= 4 is 16.7 Å². The Kier molecular flexibility index (Phi) is 3.38. The van der Waals surface area contributed by atoms with Gasteiger partial charge in [-0.2, -0.15) is 5.10 Å². The molecule has 0 N–H and O–H groups in total. The van der Waals surface area contributed by atoms with Crippen molar-refractivity contribution in [3.63, 3.8) is 0 Å². The lowest BCUT2D eigenvalue weighted by Crippen LogP contribution is -2.43. The summed E-state index contributed by atoms with van der Waals surface area (Å²) in [6, 6.07) is 0. The predicted octanol–water partition coefficient (Wildman–Crippen LogP) is -0.218. The van der Waals surface area contributed by atoms with Crippen molar-refractivity contribution in [1.82, 2.24) is 14.7 Å². The molecule has 0 aliphatic carbocycles. The van der Waals surface area contributed by atoms with E-state index in [4.69, 9.17) is 0 Å². The molecule has 1 aliphatic rings. The maximum absolute atomic E-state index is 11.8. The highest BCUT2D eigenvalue weighted by atomic mass is 32.2. The van der Waals surface area contributed by atoms with Crippen LogP contribution in [0.1, 0.15) is 5.56 Å². The third kappa shape index (κ3) is 2.69. The zero-order valence-corrected chi connectivity index (χ0v) is 10.1. The maximum atomic E-state index is 11.8. The highest BCUT2D eigenvalue weighted by Gasteiger charge is 2.20. The second kappa shape index (κ2) is 4.78. The van der Waals surface area contributed by atoms with Gasteiger partial charge < -0.3 is 4.90 Å². The number of carbonyl (C=O) groups excluding carboxylic acids is 1. The average molecular weight is 241 g/mol. The molecule has 1 aromatic rings. The fraction of sp³-hybridized carbons (Fsp3) is 0.600. The van der Waals surface area contributed by atoms with Gasteiger partial charge in [-0.05, 0) is 12.5 Å². The lowest BCUT2D eigenvalue weighted by Gasteiger charge is -2.26. The monoisotopic (exact) mass is 241 g/mol. The van der Waals surface area contributed by atoms with Crippen LogP contribution in [0, 0.1) is 6.92 Å². The number of hydrogen-bond donors (Lipinski definition) is 0. The summed E-state index contributed by atoms with van der Waals surface area (Å²) in [4.78, 5) is 13.6. The Bertz CT molecular complexity index is 406. The molecule has 88 valence electrons. The van der Waals surface area contributed by atoms with Crippen molar-refractivity contribution in [2.24, 2.45) is 0 Å². The van der Waals surface area contributed by atoms with Gasteiger partial charge in [0.15, 0.2) is 0 Å². The summed E-state index contributed by atoms with van der Waals surface area (Å²) in [7, 11) is -0.736. The minimum atomic E-state index is -0.736. The minimum absolute atomic E-state index is 0.0554. The number of hydrogen-bond acceptors (Lipinski definition) is 3. The molecular formula is C10H15N3O2S. The number of aromatic nitrogens is 2. The van der Waals surface area contributed by atoms with Crippen LogP contribution in [0.2, 0.25) is 0 Å². The Hall–Kier alpha value is -1.17. The van der Waals surface area contributed by atoms with E-state index in [-0.39, 0.29) is 12.5 Å². The molecule has 0 atom stereocenters. The van der Waals surface area contributed by atoms with E-state index in [1.54, 1.807) is 15.8 Å². The normalized spacial score (nSPS) is 17.7. The lowest BCUT2D eigenvalue weighted by atomic mass is 10.4. The Morgan fingerprint density at radius 3 is 2.75 bits per heavy atom. The lowest BCUT2D eigenvalue weighted by molar-refractivity contribution is -0.131. The van der Waals surface area contributed by atoms with Crippen molar-refractivity contribution in [3.05, 3.63) is 18.0 Å². The van der Waals surface area contributed by atoms with Gasteiger partial charge in [0, 0.05) is 41.6 Å². The molecule has 2 heterocycles. The van der Waals surface area contributed by atoms with E-state index in [0.717, 1.165) is 5.56 Å². The first-order valence-corrected chi connectivity index (χ1v) is 6.76. The summed E-state index contributed by atoms with van der Waals surface area (Å²) < 4.78 is 12.8. The first-order chi connectivity index (χ1) is 7.65. The van der Waals surface area contributed by atoms with Crippen LogP contribution in [0.3, 0.4) is 0 Å². The molecule has 1 amide bonds. The molecule has 16 heavy (non-hydrogen) atoms. The van der Waals surface area contributed by atoms with Gasteiger partial charge in [-0.3, -0.25) is 13.7 Å². The van der Waals surface area contributed by atoms with E-state index in [2.05, 4.69) is 5.10 Å². The standard InChI is InChI=1S/C10H15N3O2S/c1-9-6-11-13(7-9)8-10(14)12-2-4-16(15)5-3-12/h6-7H,2-5,8H2,1H3. The van der Waals surface area contributed by atoms with E-state index in [0.29, 0.717) is 24.6 Å². The third-order valence-corrected chi connectivity index (χ3v) is 3.87. The number of nitrogens with zero attached hydrogens (tertiary/aromatic N) is 3. The van der Waals surface area contributed by atoms with Crippen LogP contribution in [0.25, 0.3) is 0 Å². The van der Waals surface area contributed by atoms with Gasteiger partial charge in [-0.1, -0.05) is 0 Å². The number of amides is 1. The SMILES string of the molecule is Cc1cnn(CC(=O)N2CCS(=O)CC2)c1. The van der Waals surface area contributed by atoms with Gasteiger partial charge in [0.1, 0.15) is 6.54 Å². The van der Waals surface area contributed by atoms with E-state index in [1.807, 2.05) is 13.1 Å². The second-order valence-electron chi connectivity index (χ2n) is 3.94. The molecule has 0 spiro atoms. The first kappa shape index (κ1) is 11.3. The molecule has 1 saturated heterocycles. The van der Waals surface area contributed by atoms with Crippen LogP contribution in [-0.2, 0) is 22.1 Å².